The van der Waals surface area contributed by atoms with Crippen molar-refractivity contribution in [1.29, 1.82) is 0 Å². The number of methoxy groups -OCH3 is 1. The first-order valence-corrected chi connectivity index (χ1v) is 12.1. The van der Waals surface area contributed by atoms with Crippen molar-refractivity contribution in [3.8, 4) is 17.0 Å². The van der Waals surface area contributed by atoms with Crippen LogP contribution in [0.5, 0.6) is 5.75 Å². The third-order valence-electron chi connectivity index (χ3n) is 6.69. The molecule has 1 aliphatic rings. The highest BCUT2D eigenvalue weighted by molar-refractivity contribution is 5.96. The van der Waals surface area contributed by atoms with Crippen LogP contribution < -0.4 is 20.3 Å². The molecule has 0 saturated carbocycles. The van der Waals surface area contributed by atoms with Crippen molar-refractivity contribution in [2.24, 2.45) is 0 Å². The Morgan fingerprint density at radius 2 is 2.11 bits per heavy atom. The molecule has 2 aromatic carbocycles. The van der Waals surface area contributed by atoms with Crippen LogP contribution in [0, 0.1) is 5.82 Å². The minimum atomic E-state index is -0.337. The third-order valence-corrected chi connectivity index (χ3v) is 6.69. The van der Waals surface area contributed by atoms with E-state index in [0.717, 1.165) is 36.6 Å². The molecule has 9 nitrogen and oxygen atoms in total. The van der Waals surface area contributed by atoms with Crippen molar-refractivity contribution in [3.63, 3.8) is 0 Å². The van der Waals surface area contributed by atoms with Gasteiger partial charge in [0.25, 0.3) is 0 Å². The summed E-state index contributed by atoms with van der Waals surface area (Å²) in [6, 6.07) is 11.2. The van der Waals surface area contributed by atoms with Gasteiger partial charge >= 0.3 is 0 Å². The molecule has 192 valence electrons. The Balaban J connectivity index is 1.47. The average molecular weight is 504 g/mol. The van der Waals surface area contributed by atoms with Gasteiger partial charge in [0.05, 0.1) is 30.2 Å². The van der Waals surface area contributed by atoms with Gasteiger partial charge in [0, 0.05) is 48.9 Å². The van der Waals surface area contributed by atoms with Crippen molar-refractivity contribution in [2.75, 3.05) is 49.8 Å². The second-order valence-corrected chi connectivity index (χ2v) is 9.37. The zero-order chi connectivity index (χ0) is 26.1. The molecule has 0 aliphatic carbocycles. The van der Waals surface area contributed by atoms with Crippen LogP contribution in [0.25, 0.3) is 22.2 Å². The van der Waals surface area contributed by atoms with Crippen LogP contribution >= 0.6 is 0 Å². The summed E-state index contributed by atoms with van der Waals surface area (Å²) in [5.41, 5.74) is 4.05. The molecule has 10 heteroatoms. The molecular weight excluding hydrogens is 473 g/mol. The van der Waals surface area contributed by atoms with E-state index in [0.29, 0.717) is 39.9 Å². The van der Waals surface area contributed by atoms with E-state index in [-0.39, 0.29) is 11.7 Å². The summed E-state index contributed by atoms with van der Waals surface area (Å²) in [5, 5.41) is 6.89. The number of aromatic nitrogens is 3. The second kappa shape index (κ2) is 10.1. The number of H-pyrrole nitrogens is 1. The van der Waals surface area contributed by atoms with Crippen LogP contribution in [0.3, 0.4) is 0 Å². The Bertz CT molecular complexity index is 1450. The molecule has 3 N–H and O–H groups in total. The first-order chi connectivity index (χ1) is 17.8. The predicted octanol–water partition coefficient (Wildman–Crippen LogP) is 4.61. The van der Waals surface area contributed by atoms with Gasteiger partial charge < -0.3 is 30.2 Å². The quantitative estimate of drug-likeness (QED) is 0.339. The lowest BCUT2D eigenvalue weighted by Gasteiger charge is -2.24. The van der Waals surface area contributed by atoms with Gasteiger partial charge in [-0.25, -0.2) is 14.4 Å². The standard InChI is InChI=1S/C27H30FN7O2/c1-16(36)31-22-12-17(8-9-23(22)35-11-10-18(15-35)34(2)3)32-27-30-14-24(37-4)26(33-27)20-13-29-25-19(20)6-5-7-21(25)28/h5-9,12-14,18,29H,10-11,15H2,1-4H3,(H,31,36)(H,30,32,33). The molecule has 0 bridgehead atoms. The Morgan fingerprint density at radius 3 is 2.84 bits per heavy atom. The van der Waals surface area contributed by atoms with E-state index >= 15 is 0 Å². The predicted molar refractivity (Wildman–Crippen MR) is 144 cm³/mol. The van der Waals surface area contributed by atoms with Gasteiger partial charge in [0.2, 0.25) is 11.9 Å². The number of rotatable bonds is 7. The number of fused-ring (bicyclic) bond motifs is 1. The van der Waals surface area contributed by atoms with Gasteiger partial charge in [-0.1, -0.05) is 12.1 Å². The van der Waals surface area contributed by atoms with Crippen LogP contribution in [-0.2, 0) is 4.79 Å². The van der Waals surface area contributed by atoms with Crippen molar-refractivity contribution < 1.29 is 13.9 Å². The number of likely N-dealkylation sites (N-methyl/N-ethyl adjacent to an activating group) is 1. The molecule has 1 unspecified atom stereocenters. The van der Waals surface area contributed by atoms with E-state index in [1.54, 1.807) is 25.6 Å². The molecule has 2 aromatic heterocycles. The number of hydrogen-bond acceptors (Lipinski definition) is 7. The second-order valence-electron chi connectivity index (χ2n) is 9.37. The highest BCUT2D eigenvalue weighted by Gasteiger charge is 2.26. The molecule has 3 heterocycles. The maximum atomic E-state index is 14.3. The Labute approximate surface area is 214 Å². The molecular formula is C27H30FN7O2. The number of hydrogen-bond donors (Lipinski definition) is 3. The molecule has 1 aliphatic heterocycles. The number of amides is 1. The van der Waals surface area contributed by atoms with E-state index in [1.165, 1.54) is 13.0 Å². The number of carbonyl (C=O) groups excluding carboxylic acids is 1. The minimum absolute atomic E-state index is 0.142. The number of carbonyl (C=O) groups is 1. The third kappa shape index (κ3) is 4.92. The van der Waals surface area contributed by atoms with Gasteiger partial charge in [0.15, 0.2) is 5.75 Å². The fraction of sp³-hybridized carbons (Fsp3) is 0.296. The molecule has 0 radical (unpaired) electrons. The largest absolute Gasteiger partial charge is 0.493 e. The van der Waals surface area contributed by atoms with E-state index in [1.807, 2.05) is 24.3 Å². The molecule has 37 heavy (non-hydrogen) atoms. The summed E-state index contributed by atoms with van der Waals surface area (Å²) < 4.78 is 19.8. The Hall–Kier alpha value is -4.18. The van der Waals surface area contributed by atoms with E-state index in [2.05, 4.69) is 49.5 Å². The summed E-state index contributed by atoms with van der Waals surface area (Å²) in [5.74, 6) is 0.332. The van der Waals surface area contributed by atoms with Crippen molar-refractivity contribution in [2.45, 2.75) is 19.4 Å². The van der Waals surface area contributed by atoms with E-state index in [4.69, 9.17) is 4.74 Å². The molecule has 4 aromatic rings. The highest BCUT2D eigenvalue weighted by atomic mass is 19.1. The molecule has 1 saturated heterocycles. The van der Waals surface area contributed by atoms with Crippen LogP contribution in [0.15, 0.2) is 48.8 Å². The number of nitrogens with zero attached hydrogens (tertiary/aromatic N) is 4. The number of para-hydroxylation sites is 1. The van der Waals surface area contributed by atoms with E-state index < -0.39 is 0 Å². The summed E-state index contributed by atoms with van der Waals surface area (Å²) in [4.78, 5) is 28.6. The summed E-state index contributed by atoms with van der Waals surface area (Å²) in [6.45, 7) is 3.31. The SMILES string of the molecule is COc1cnc(Nc2ccc(N3CCC(N(C)C)C3)c(NC(C)=O)c2)nc1-c1c[nH]c2c(F)cccc12. The maximum absolute atomic E-state index is 14.3. The normalized spacial score (nSPS) is 15.4. The lowest BCUT2D eigenvalue weighted by molar-refractivity contribution is -0.114. The van der Waals surface area contributed by atoms with Gasteiger partial charge in [-0.3, -0.25) is 4.79 Å². The Morgan fingerprint density at radius 1 is 1.27 bits per heavy atom. The number of benzene rings is 2. The van der Waals surface area contributed by atoms with Gasteiger partial charge in [-0.15, -0.1) is 0 Å². The van der Waals surface area contributed by atoms with Crippen LogP contribution in [0.2, 0.25) is 0 Å². The molecule has 1 fully saturated rings. The van der Waals surface area contributed by atoms with Crippen molar-refractivity contribution in [1.82, 2.24) is 19.9 Å². The number of anilines is 4. The highest BCUT2D eigenvalue weighted by Crippen LogP contribution is 2.36. The zero-order valence-corrected chi connectivity index (χ0v) is 21.3. The number of ether oxygens (including phenoxy) is 1. The first-order valence-electron chi connectivity index (χ1n) is 12.1. The molecule has 1 atom stereocenters. The number of nitrogens with one attached hydrogen (secondary N) is 3. The monoisotopic (exact) mass is 503 g/mol. The number of aromatic amines is 1. The molecule has 0 spiro atoms. The van der Waals surface area contributed by atoms with Gasteiger partial charge in [-0.05, 0) is 44.8 Å². The topological polar surface area (TPSA) is 98.4 Å². The van der Waals surface area contributed by atoms with Crippen LogP contribution in [0.4, 0.5) is 27.4 Å². The van der Waals surface area contributed by atoms with Crippen molar-refractivity contribution in [3.05, 3.63) is 54.6 Å². The average Bonchev–Trinajstić information content (AvgIpc) is 3.52. The smallest absolute Gasteiger partial charge is 0.227 e. The molecule has 1 amide bonds. The van der Waals surface area contributed by atoms with Gasteiger partial charge in [-0.2, -0.15) is 0 Å². The lowest BCUT2D eigenvalue weighted by atomic mass is 10.1. The van der Waals surface area contributed by atoms with Crippen LogP contribution in [-0.4, -0.2) is 66.1 Å². The summed E-state index contributed by atoms with van der Waals surface area (Å²) in [6.07, 6.45) is 4.35. The summed E-state index contributed by atoms with van der Waals surface area (Å²) in [7, 11) is 5.72. The van der Waals surface area contributed by atoms with Gasteiger partial charge in [0.1, 0.15) is 11.5 Å². The van der Waals surface area contributed by atoms with Crippen molar-refractivity contribution >= 4 is 39.8 Å². The van der Waals surface area contributed by atoms with E-state index in [9.17, 15) is 9.18 Å². The minimum Gasteiger partial charge on any atom is -0.493 e. The van der Waals surface area contributed by atoms with Crippen LogP contribution in [0.1, 0.15) is 13.3 Å². The zero-order valence-electron chi connectivity index (χ0n) is 21.3. The maximum Gasteiger partial charge on any atom is 0.227 e. The molecule has 5 rings (SSSR count). The Kier molecular flexibility index (Phi) is 6.66. The lowest BCUT2D eigenvalue weighted by Crippen LogP contribution is -2.31. The summed E-state index contributed by atoms with van der Waals surface area (Å²) >= 11 is 0. The fourth-order valence-corrected chi connectivity index (χ4v) is 4.78. The first kappa shape index (κ1) is 24.5. The number of halogens is 1. The fourth-order valence-electron chi connectivity index (χ4n) is 4.78.